The van der Waals surface area contributed by atoms with Crippen molar-refractivity contribution in [3.05, 3.63) is 65.3 Å². The van der Waals surface area contributed by atoms with Gasteiger partial charge >= 0.3 is 0 Å². The second-order valence-corrected chi connectivity index (χ2v) is 6.95. The summed E-state index contributed by atoms with van der Waals surface area (Å²) in [5.74, 6) is 0.595. The molecule has 1 heterocycles. The lowest BCUT2D eigenvalue weighted by Crippen LogP contribution is -2.14. The molecular weight excluding hydrogens is 344 g/mol. The van der Waals surface area contributed by atoms with E-state index < -0.39 is 0 Å². The SMILES string of the molecule is C=C(/C=C\C)CC(=C)Nc1nnc(CCCC/C(N)=C/C=C(\N)NC)s1. The third-order valence-electron chi connectivity index (χ3n) is 3.47. The fourth-order valence-corrected chi connectivity index (χ4v) is 2.97. The molecule has 1 rings (SSSR count). The quantitative estimate of drug-likeness (QED) is 0.330. The number of nitrogens with zero attached hydrogens (tertiary/aromatic N) is 2. The summed E-state index contributed by atoms with van der Waals surface area (Å²) in [5.41, 5.74) is 14.3. The van der Waals surface area contributed by atoms with Crippen LogP contribution >= 0.6 is 11.3 Å². The maximum atomic E-state index is 5.95. The minimum absolute atomic E-state index is 0.595. The van der Waals surface area contributed by atoms with Crippen LogP contribution in [0.3, 0.4) is 0 Å². The van der Waals surface area contributed by atoms with E-state index in [2.05, 4.69) is 34.0 Å². The Hall–Kier alpha value is -2.54. The smallest absolute Gasteiger partial charge is 0.209 e. The molecule has 0 aliphatic carbocycles. The van der Waals surface area contributed by atoms with Crippen molar-refractivity contribution in [3.63, 3.8) is 0 Å². The molecular formula is C19H30N6S. The molecule has 0 saturated carbocycles. The van der Waals surface area contributed by atoms with Crippen LogP contribution in [-0.4, -0.2) is 17.2 Å². The molecule has 0 aliphatic heterocycles. The van der Waals surface area contributed by atoms with Crippen molar-refractivity contribution in [1.29, 1.82) is 0 Å². The number of nitrogens with two attached hydrogens (primary N) is 2. The maximum Gasteiger partial charge on any atom is 0.209 e. The second kappa shape index (κ2) is 11.9. The standard InChI is InChI=1S/C19H30N6S/c1-5-8-14(2)13-15(3)23-19-25-24-18(26-19)10-7-6-9-16(20)11-12-17(21)22-4/h5,8,11-12,22H,2-3,6-7,9-10,13,20-21H2,1,4H3,(H,23,25)/b8-5-,16-11-,17-12+. The van der Waals surface area contributed by atoms with Gasteiger partial charge in [0.2, 0.25) is 5.13 Å². The van der Waals surface area contributed by atoms with Crippen molar-refractivity contribution < 1.29 is 0 Å². The topological polar surface area (TPSA) is 102 Å². The Labute approximate surface area is 160 Å². The Morgan fingerprint density at radius 3 is 2.65 bits per heavy atom. The number of hydrogen-bond acceptors (Lipinski definition) is 7. The van der Waals surface area contributed by atoms with Gasteiger partial charge in [-0.1, -0.05) is 36.6 Å². The van der Waals surface area contributed by atoms with Crippen LogP contribution in [-0.2, 0) is 6.42 Å². The van der Waals surface area contributed by atoms with Gasteiger partial charge in [0, 0.05) is 31.3 Å². The number of aromatic nitrogens is 2. The molecule has 26 heavy (non-hydrogen) atoms. The average molecular weight is 375 g/mol. The molecule has 0 aromatic carbocycles. The maximum absolute atomic E-state index is 5.95. The Morgan fingerprint density at radius 1 is 1.19 bits per heavy atom. The summed E-state index contributed by atoms with van der Waals surface area (Å²) in [6.45, 7) is 9.95. The van der Waals surface area contributed by atoms with Crippen molar-refractivity contribution >= 4 is 16.5 Å². The van der Waals surface area contributed by atoms with E-state index in [1.54, 1.807) is 24.5 Å². The van der Waals surface area contributed by atoms with E-state index in [-0.39, 0.29) is 0 Å². The zero-order valence-corrected chi connectivity index (χ0v) is 16.5. The molecule has 7 heteroatoms. The largest absolute Gasteiger partial charge is 0.402 e. The highest BCUT2D eigenvalue weighted by Gasteiger charge is 2.05. The molecule has 142 valence electrons. The van der Waals surface area contributed by atoms with Crippen LogP contribution in [0.5, 0.6) is 0 Å². The number of allylic oxidation sites excluding steroid dienone is 6. The fraction of sp³-hybridized carbons (Fsp3) is 0.368. The third-order valence-corrected chi connectivity index (χ3v) is 4.36. The van der Waals surface area contributed by atoms with E-state index in [0.717, 1.165) is 52.8 Å². The molecule has 0 radical (unpaired) electrons. The summed E-state index contributed by atoms with van der Waals surface area (Å²) in [6, 6.07) is 0. The van der Waals surface area contributed by atoms with E-state index in [0.29, 0.717) is 12.2 Å². The minimum atomic E-state index is 0.595. The first-order valence-electron chi connectivity index (χ1n) is 8.61. The number of rotatable bonds is 12. The predicted molar refractivity (Wildman–Crippen MR) is 112 cm³/mol. The van der Waals surface area contributed by atoms with E-state index in [9.17, 15) is 0 Å². The van der Waals surface area contributed by atoms with E-state index in [4.69, 9.17) is 11.5 Å². The van der Waals surface area contributed by atoms with Gasteiger partial charge in [-0.2, -0.15) is 0 Å². The molecule has 0 saturated heterocycles. The van der Waals surface area contributed by atoms with Crippen molar-refractivity contribution in [1.82, 2.24) is 15.5 Å². The fourth-order valence-electron chi connectivity index (χ4n) is 2.14. The summed E-state index contributed by atoms with van der Waals surface area (Å²) in [5, 5.41) is 16.2. The highest BCUT2D eigenvalue weighted by atomic mass is 32.1. The van der Waals surface area contributed by atoms with E-state index in [1.165, 1.54) is 0 Å². The van der Waals surface area contributed by atoms with Gasteiger partial charge < -0.3 is 22.1 Å². The van der Waals surface area contributed by atoms with E-state index >= 15 is 0 Å². The molecule has 0 spiro atoms. The summed E-state index contributed by atoms with van der Waals surface area (Å²) in [4.78, 5) is 0. The summed E-state index contributed by atoms with van der Waals surface area (Å²) < 4.78 is 0. The molecule has 0 fully saturated rings. The molecule has 6 N–H and O–H groups in total. The van der Waals surface area contributed by atoms with Gasteiger partial charge in [-0.3, -0.25) is 0 Å². The Bertz CT molecular complexity index is 684. The summed E-state index contributed by atoms with van der Waals surface area (Å²) in [6.07, 6.45) is 12.0. The van der Waals surface area contributed by atoms with Crippen LogP contribution in [0.25, 0.3) is 0 Å². The number of unbranched alkanes of at least 4 members (excludes halogenated alkanes) is 1. The van der Waals surface area contributed by atoms with Gasteiger partial charge in [0.25, 0.3) is 0 Å². The second-order valence-electron chi connectivity index (χ2n) is 5.89. The molecule has 0 bridgehead atoms. The Kier molecular flexibility index (Phi) is 9.86. The number of hydrogen-bond donors (Lipinski definition) is 4. The van der Waals surface area contributed by atoms with Gasteiger partial charge in [-0.25, -0.2) is 0 Å². The molecule has 0 atom stereocenters. The molecule has 6 nitrogen and oxygen atoms in total. The third kappa shape index (κ3) is 9.08. The van der Waals surface area contributed by atoms with Gasteiger partial charge in [0.1, 0.15) is 5.01 Å². The lowest BCUT2D eigenvalue weighted by Gasteiger charge is -2.05. The van der Waals surface area contributed by atoms with Crippen LogP contribution in [0.2, 0.25) is 0 Å². The van der Waals surface area contributed by atoms with Crippen LogP contribution in [0.1, 0.15) is 37.6 Å². The Morgan fingerprint density at radius 2 is 1.96 bits per heavy atom. The molecule has 0 unspecified atom stereocenters. The van der Waals surface area contributed by atoms with Crippen LogP contribution in [0.4, 0.5) is 5.13 Å². The van der Waals surface area contributed by atoms with Crippen molar-refractivity contribution in [2.45, 2.75) is 39.0 Å². The van der Waals surface area contributed by atoms with Crippen molar-refractivity contribution in [2.24, 2.45) is 11.5 Å². The first-order valence-corrected chi connectivity index (χ1v) is 9.43. The zero-order chi connectivity index (χ0) is 19.4. The summed E-state index contributed by atoms with van der Waals surface area (Å²) >= 11 is 1.56. The van der Waals surface area contributed by atoms with Gasteiger partial charge in [-0.05, 0) is 43.9 Å². The number of nitrogens with one attached hydrogen (secondary N) is 2. The lowest BCUT2D eigenvalue weighted by molar-refractivity contribution is 0.718. The summed E-state index contributed by atoms with van der Waals surface area (Å²) in [7, 11) is 1.77. The van der Waals surface area contributed by atoms with Gasteiger partial charge in [0.05, 0.1) is 5.82 Å². The number of anilines is 1. The lowest BCUT2D eigenvalue weighted by atomic mass is 10.1. The van der Waals surface area contributed by atoms with E-state index in [1.807, 2.05) is 25.2 Å². The Balaban J connectivity index is 2.33. The molecule has 0 amide bonds. The molecule has 0 aliphatic rings. The van der Waals surface area contributed by atoms with Crippen molar-refractivity contribution in [3.8, 4) is 0 Å². The highest BCUT2D eigenvalue weighted by Crippen LogP contribution is 2.20. The van der Waals surface area contributed by atoms with Gasteiger partial charge in [0.15, 0.2) is 0 Å². The first kappa shape index (κ1) is 21.5. The number of aryl methyl sites for hydroxylation is 1. The monoisotopic (exact) mass is 374 g/mol. The molecule has 1 aromatic rings. The van der Waals surface area contributed by atoms with Crippen molar-refractivity contribution in [2.75, 3.05) is 12.4 Å². The minimum Gasteiger partial charge on any atom is -0.402 e. The average Bonchev–Trinajstić information content (AvgIpc) is 3.03. The molecule has 1 aromatic heterocycles. The predicted octanol–water partition coefficient (Wildman–Crippen LogP) is 3.56. The first-order chi connectivity index (χ1) is 12.4. The van der Waals surface area contributed by atoms with Crippen LogP contribution in [0.15, 0.2) is 60.3 Å². The van der Waals surface area contributed by atoms with Crippen LogP contribution < -0.4 is 22.1 Å². The normalized spacial score (nSPS) is 12.4. The van der Waals surface area contributed by atoms with Crippen LogP contribution in [0, 0.1) is 0 Å². The zero-order valence-electron chi connectivity index (χ0n) is 15.7. The van der Waals surface area contributed by atoms with Gasteiger partial charge in [-0.15, -0.1) is 10.2 Å². The highest BCUT2D eigenvalue weighted by molar-refractivity contribution is 7.15.